The van der Waals surface area contributed by atoms with Crippen molar-refractivity contribution in [3.63, 3.8) is 0 Å². The second kappa shape index (κ2) is 6.95. The van der Waals surface area contributed by atoms with Gasteiger partial charge in [0.25, 0.3) is 0 Å². The quantitative estimate of drug-likeness (QED) is 0.653. The van der Waals surface area contributed by atoms with Crippen molar-refractivity contribution < 1.29 is 18.7 Å². The molecule has 0 spiro atoms. The Labute approximate surface area is 150 Å². The molecule has 136 valence electrons. The summed E-state index contributed by atoms with van der Waals surface area (Å²) in [7, 11) is 1.53. The number of furan rings is 1. The van der Waals surface area contributed by atoms with E-state index in [4.69, 9.17) is 14.9 Å². The maximum absolute atomic E-state index is 12.6. The third-order valence-electron chi connectivity index (χ3n) is 4.20. The third-order valence-corrected chi connectivity index (χ3v) is 4.20. The molecule has 0 saturated heterocycles. The molecular formula is C19H21N3O4. The number of rotatable bonds is 5. The number of para-hydroxylation sites is 1. The van der Waals surface area contributed by atoms with Gasteiger partial charge in [0, 0.05) is 16.8 Å². The molecule has 7 nitrogen and oxygen atoms in total. The molecule has 0 radical (unpaired) electrons. The normalized spacial score (nSPS) is 12.3. The molecule has 7 heteroatoms. The number of urea groups is 1. The lowest BCUT2D eigenvalue weighted by atomic mass is 10.0. The number of fused-ring (bicyclic) bond motifs is 3. The van der Waals surface area contributed by atoms with Crippen LogP contribution in [0.3, 0.4) is 0 Å². The van der Waals surface area contributed by atoms with Crippen LogP contribution in [0.5, 0.6) is 5.75 Å². The van der Waals surface area contributed by atoms with Crippen LogP contribution in [0.2, 0.25) is 0 Å². The molecule has 3 aromatic rings. The number of nitrogens with two attached hydrogens (primary N) is 1. The van der Waals surface area contributed by atoms with Crippen molar-refractivity contribution in [2.45, 2.75) is 19.9 Å². The minimum Gasteiger partial charge on any atom is -0.495 e. The van der Waals surface area contributed by atoms with Crippen molar-refractivity contribution in [3.8, 4) is 5.75 Å². The first kappa shape index (κ1) is 17.6. The zero-order valence-corrected chi connectivity index (χ0v) is 14.8. The van der Waals surface area contributed by atoms with E-state index in [1.807, 2.05) is 44.2 Å². The van der Waals surface area contributed by atoms with Crippen molar-refractivity contribution in [1.29, 1.82) is 0 Å². The summed E-state index contributed by atoms with van der Waals surface area (Å²) < 4.78 is 11.3. The smallest absolute Gasteiger partial charge is 0.312 e. The van der Waals surface area contributed by atoms with Gasteiger partial charge in [0.15, 0.2) is 0 Å². The van der Waals surface area contributed by atoms with E-state index >= 15 is 0 Å². The van der Waals surface area contributed by atoms with Gasteiger partial charge in [-0.3, -0.25) is 4.79 Å². The largest absolute Gasteiger partial charge is 0.495 e. The lowest BCUT2D eigenvalue weighted by Crippen LogP contribution is -2.49. The van der Waals surface area contributed by atoms with Crippen LogP contribution in [0.4, 0.5) is 10.5 Å². The number of ether oxygens (including phenoxy) is 1. The van der Waals surface area contributed by atoms with E-state index in [1.165, 1.54) is 7.11 Å². The molecule has 0 saturated carbocycles. The summed E-state index contributed by atoms with van der Waals surface area (Å²) in [6.45, 7) is 3.64. The average Bonchev–Trinajstić information content (AvgIpc) is 2.95. The molecule has 26 heavy (non-hydrogen) atoms. The number of nitrogens with one attached hydrogen (secondary N) is 2. The van der Waals surface area contributed by atoms with Crippen LogP contribution in [-0.4, -0.2) is 25.1 Å². The Hall–Kier alpha value is -3.22. The predicted octanol–water partition coefficient (Wildman–Crippen LogP) is 3.23. The van der Waals surface area contributed by atoms with Gasteiger partial charge < -0.3 is 25.5 Å². The monoisotopic (exact) mass is 355 g/mol. The van der Waals surface area contributed by atoms with Gasteiger partial charge >= 0.3 is 6.03 Å². The van der Waals surface area contributed by atoms with E-state index in [0.717, 1.165) is 16.4 Å². The Balaban J connectivity index is 1.99. The highest BCUT2D eigenvalue weighted by molar-refractivity contribution is 6.08. The Morgan fingerprint density at radius 2 is 1.85 bits per heavy atom. The van der Waals surface area contributed by atoms with Gasteiger partial charge in [0.1, 0.15) is 23.0 Å². The Morgan fingerprint density at radius 3 is 2.50 bits per heavy atom. The molecule has 1 atom stereocenters. The summed E-state index contributed by atoms with van der Waals surface area (Å²) in [5, 5.41) is 7.11. The summed E-state index contributed by atoms with van der Waals surface area (Å²) in [5.41, 5.74) is 7.01. The van der Waals surface area contributed by atoms with Crippen LogP contribution in [0.1, 0.15) is 13.8 Å². The molecular weight excluding hydrogens is 334 g/mol. The second-order valence-corrected chi connectivity index (χ2v) is 6.37. The topological polar surface area (TPSA) is 107 Å². The fraction of sp³-hybridized carbons (Fsp3) is 0.263. The number of primary amides is 1. The summed E-state index contributed by atoms with van der Waals surface area (Å²) >= 11 is 0. The van der Waals surface area contributed by atoms with Crippen LogP contribution < -0.4 is 21.1 Å². The van der Waals surface area contributed by atoms with E-state index in [2.05, 4.69) is 10.6 Å². The number of amides is 3. The van der Waals surface area contributed by atoms with Crippen LogP contribution in [0, 0.1) is 5.92 Å². The zero-order chi connectivity index (χ0) is 18.8. The highest BCUT2D eigenvalue weighted by Crippen LogP contribution is 2.36. The zero-order valence-electron chi connectivity index (χ0n) is 14.8. The van der Waals surface area contributed by atoms with Gasteiger partial charge in [0.2, 0.25) is 5.91 Å². The van der Waals surface area contributed by atoms with Crippen LogP contribution >= 0.6 is 0 Å². The average molecular weight is 355 g/mol. The number of hydrogen-bond donors (Lipinski definition) is 3. The molecule has 2 aromatic carbocycles. The Kier molecular flexibility index (Phi) is 4.71. The van der Waals surface area contributed by atoms with Crippen molar-refractivity contribution in [2.24, 2.45) is 11.7 Å². The second-order valence-electron chi connectivity index (χ2n) is 6.37. The number of hydrogen-bond acceptors (Lipinski definition) is 4. The molecule has 0 aliphatic rings. The number of carbonyl (C=O) groups excluding carboxylic acids is 2. The standard InChI is InChI=1S/C19H21N3O4/c1-10(2)17(22-19(20)24)18(23)21-13-9-15-12(8-16(13)25-3)11-6-4-5-7-14(11)26-15/h4-10,17H,1-3H3,(H,21,23)(H3,20,22,24). The maximum Gasteiger partial charge on any atom is 0.312 e. The number of anilines is 1. The fourth-order valence-corrected chi connectivity index (χ4v) is 2.92. The van der Waals surface area contributed by atoms with Crippen molar-refractivity contribution in [3.05, 3.63) is 36.4 Å². The lowest BCUT2D eigenvalue weighted by molar-refractivity contribution is -0.118. The van der Waals surface area contributed by atoms with E-state index < -0.39 is 12.1 Å². The summed E-state index contributed by atoms with van der Waals surface area (Å²) in [6.07, 6.45) is 0. The first-order chi connectivity index (χ1) is 12.4. The van der Waals surface area contributed by atoms with Crippen LogP contribution in [0.25, 0.3) is 21.9 Å². The van der Waals surface area contributed by atoms with Crippen molar-refractivity contribution in [1.82, 2.24) is 5.32 Å². The molecule has 1 heterocycles. The van der Waals surface area contributed by atoms with Gasteiger partial charge in [-0.25, -0.2) is 4.79 Å². The van der Waals surface area contributed by atoms with Crippen molar-refractivity contribution in [2.75, 3.05) is 12.4 Å². The summed E-state index contributed by atoms with van der Waals surface area (Å²) in [4.78, 5) is 23.8. The highest BCUT2D eigenvalue weighted by Gasteiger charge is 2.24. The number of carbonyl (C=O) groups is 2. The fourth-order valence-electron chi connectivity index (χ4n) is 2.92. The van der Waals surface area contributed by atoms with Crippen molar-refractivity contribution >= 4 is 39.6 Å². The summed E-state index contributed by atoms with van der Waals surface area (Å²) in [6, 6.07) is 9.70. The van der Waals surface area contributed by atoms with Gasteiger partial charge in [-0.1, -0.05) is 32.0 Å². The Morgan fingerprint density at radius 1 is 1.12 bits per heavy atom. The number of benzene rings is 2. The van der Waals surface area contributed by atoms with E-state index in [0.29, 0.717) is 17.0 Å². The maximum atomic E-state index is 12.6. The summed E-state index contributed by atoms with van der Waals surface area (Å²) in [5.74, 6) is -0.0185. The Bertz CT molecular complexity index is 977. The molecule has 4 N–H and O–H groups in total. The molecule has 1 unspecified atom stereocenters. The molecule has 3 amide bonds. The molecule has 0 aliphatic carbocycles. The van der Waals surface area contributed by atoms with Gasteiger partial charge in [-0.05, 0) is 18.1 Å². The first-order valence-electron chi connectivity index (χ1n) is 8.26. The minimum atomic E-state index is -0.761. The molecule has 0 fully saturated rings. The van der Waals surface area contributed by atoms with E-state index in [9.17, 15) is 9.59 Å². The molecule has 1 aromatic heterocycles. The first-order valence-corrected chi connectivity index (χ1v) is 8.26. The van der Waals surface area contributed by atoms with Crippen LogP contribution in [0.15, 0.2) is 40.8 Å². The van der Waals surface area contributed by atoms with Gasteiger partial charge in [-0.2, -0.15) is 0 Å². The SMILES string of the molecule is COc1cc2c(cc1NC(=O)C(NC(N)=O)C(C)C)oc1ccccc12. The minimum absolute atomic E-state index is 0.136. The lowest BCUT2D eigenvalue weighted by Gasteiger charge is -2.21. The van der Waals surface area contributed by atoms with Gasteiger partial charge in [0.05, 0.1) is 12.8 Å². The van der Waals surface area contributed by atoms with E-state index in [-0.39, 0.29) is 11.8 Å². The third kappa shape index (κ3) is 3.28. The molecule has 3 rings (SSSR count). The molecule has 0 bridgehead atoms. The highest BCUT2D eigenvalue weighted by atomic mass is 16.5. The predicted molar refractivity (Wildman–Crippen MR) is 100 cm³/mol. The van der Waals surface area contributed by atoms with Crippen LogP contribution in [-0.2, 0) is 4.79 Å². The van der Waals surface area contributed by atoms with Gasteiger partial charge in [-0.15, -0.1) is 0 Å². The number of methoxy groups -OCH3 is 1. The van der Waals surface area contributed by atoms with E-state index in [1.54, 1.807) is 6.07 Å². The molecule has 0 aliphatic heterocycles.